The number of aliphatic hydroxyl groups is 1. The molecule has 1 aromatic heterocycles. The Bertz CT molecular complexity index is 775. The van der Waals surface area contributed by atoms with Crippen molar-refractivity contribution < 1.29 is 19.4 Å². The number of carbonyl (C=O) groups is 1. The predicted octanol–water partition coefficient (Wildman–Crippen LogP) is 4.29. The molecule has 25 heavy (non-hydrogen) atoms. The van der Waals surface area contributed by atoms with Gasteiger partial charge in [0.25, 0.3) is 0 Å². The summed E-state index contributed by atoms with van der Waals surface area (Å²) in [7, 11) is 1.62. The van der Waals surface area contributed by atoms with Crippen LogP contribution in [0.2, 0.25) is 0 Å². The van der Waals surface area contributed by atoms with Crippen LogP contribution in [0.1, 0.15) is 33.3 Å². The third-order valence-corrected chi connectivity index (χ3v) is 4.53. The van der Waals surface area contributed by atoms with Gasteiger partial charge < -0.3 is 14.6 Å². The molecule has 0 amide bonds. The van der Waals surface area contributed by atoms with E-state index in [1.54, 1.807) is 31.4 Å². The first-order valence-corrected chi connectivity index (χ1v) is 8.71. The number of ether oxygens (including phenoxy) is 2. The van der Waals surface area contributed by atoms with Crippen molar-refractivity contribution in [3.63, 3.8) is 0 Å². The lowest BCUT2D eigenvalue weighted by molar-refractivity contribution is 0.0327. The molecule has 0 saturated heterocycles. The molecule has 5 heteroatoms. The largest absolute Gasteiger partial charge is 0.496 e. The van der Waals surface area contributed by atoms with E-state index in [0.29, 0.717) is 11.1 Å². The number of hydrogen-bond donors (Lipinski definition) is 1. The van der Waals surface area contributed by atoms with Gasteiger partial charge in [-0.2, -0.15) is 0 Å². The first-order valence-electron chi connectivity index (χ1n) is 7.83. The molecule has 0 aliphatic rings. The molecule has 2 aromatic rings. The van der Waals surface area contributed by atoms with E-state index in [9.17, 15) is 9.90 Å². The van der Waals surface area contributed by atoms with Crippen molar-refractivity contribution in [1.82, 2.24) is 0 Å². The zero-order chi connectivity index (χ0) is 18.4. The molecule has 0 bridgehead atoms. The molecule has 0 radical (unpaired) electrons. The van der Waals surface area contributed by atoms with Gasteiger partial charge >= 0.3 is 5.97 Å². The van der Waals surface area contributed by atoms with Crippen LogP contribution in [-0.4, -0.2) is 30.9 Å². The van der Waals surface area contributed by atoms with Crippen LogP contribution in [0.4, 0.5) is 0 Å². The second-order valence-corrected chi connectivity index (χ2v) is 6.70. The van der Waals surface area contributed by atoms with Crippen molar-refractivity contribution >= 4 is 29.1 Å². The van der Waals surface area contributed by atoms with E-state index in [-0.39, 0.29) is 6.61 Å². The van der Waals surface area contributed by atoms with Crippen molar-refractivity contribution in [2.75, 3.05) is 13.7 Å². The molecular formula is C20H22O4S. The molecule has 0 aliphatic carbocycles. The zero-order valence-electron chi connectivity index (χ0n) is 14.6. The van der Waals surface area contributed by atoms with Crippen LogP contribution in [0.25, 0.3) is 11.8 Å². The minimum absolute atomic E-state index is 0.100. The highest BCUT2D eigenvalue weighted by Crippen LogP contribution is 2.24. The lowest BCUT2D eigenvalue weighted by Gasteiger charge is -2.13. The first-order chi connectivity index (χ1) is 11.9. The molecule has 0 aliphatic heterocycles. The molecule has 1 N–H and O–H groups in total. The Labute approximate surface area is 152 Å². The van der Waals surface area contributed by atoms with Gasteiger partial charge in [-0.25, -0.2) is 4.79 Å². The number of aliphatic hydroxyl groups excluding tert-OH is 1. The maximum Gasteiger partial charge on any atom is 0.338 e. The Morgan fingerprint density at radius 1 is 1.40 bits per heavy atom. The van der Waals surface area contributed by atoms with E-state index in [1.165, 1.54) is 0 Å². The number of methoxy groups -OCH3 is 1. The molecule has 4 nitrogen and oxygen atoms in total. The second kappa shape index (κ2) is 8.65. The molecule has 1 atom stereocenters. The summed E-state index contributed by atoms with van der Waals surface area (Å²) in [5, 5.41) is 11.7. The summed E-state index contributed by atoms with van der Waals surface area (Å²) < 4.78 is 10.6. The SMILES string of the molecule is C=C(C)C(O)COC(=O)c1ccc(/C(=C\c2cccs2)OC)cc1C. The summed E-state index contributed by atoms with van der Waals surface area (Å²) in [5.74, 6) is 0.258. The van der Waals surface area contributed by atoms with Gasteiger partial charge in [-0.15, -0.1) is 11.3 Å². The van der Waals surface area contributed by atoms with Gasteiger partial charge in [0.1, 0.15) is 18.5 Å². The zero-order valence-corrected chi connectivity index (χ0v) is 15.4. The molecule has 1 heterocycles. The van der Waals surface area contributed by atoms with Crippen molar-refractivity contribution in [2.45, 2.75) is 20.0 Å². The fourth-order valence-electron chi connectivity index (χ4n) is 2.18. The summed E-state index contributed by atoms with van der Waals surface area (Å²) in [5.41, 5.74) is 2.68. The number of aryl methyl sites for hydroxylation is 1. The van der Waals surface area contributed by atoms with Gasteiger partial charge in [-0.1, -0.05) is 18.7 Å². The average Bonchev–Trinajstić information content (AvgIpc) is 3.10. The molecular weight excluding hydrogens is 336 g/mol. The van der Waals surface area contributed by atoms with Crippen molar-refractivity contribution in [3.8, 4) is 0 Å². The van der Waals surface area contributed by atoms with Gasteiger partial charge in [0.2, 0.25) is 0 Å². The van der Waals surface area contributed by atoms with E-state index in [0.717, 1.165) is 21.8 Å². The quantitative estimate of drug-likeness (QED) is 0.456. The van der Waals surface area contributed by atoms with E-state index in [1.807, 2.05) is 42.6 Å². The average molecular weight is 358 g/mol. The normalized spacial score (nSPS) is 12.6. The van der Waals surface area contributed by atoms with Crippen LogP contribution in [0.3, 0.4) is 0 Å². The Hall–Kier alpha value is -2.37. The van der Waals surface area contributed by atoms with Crippen LogP contribution in [0, 0.1) is 6.92 Å². The topological polar surface area (TPSA) is 55.8 Å². The van der Waals surface area contributed by atoms with Crippen molar-refractivity contribution in [3.05, 3.63) is 69.4 Å². The standard InChI is InChI=1S/C20H22O4S/c1-13(2)18(21)12-24-20(22)17-8-7-15(10-14(17)3)19(23-4)11-16-6-5-9-25-16/h5-11,18,21H,1,12H2,2-4H3/b19-11+. The fraction of sp³-hybridized carbons (Fsp3) is 0.250. The molecule has 132 valence electrons. The molecule has 0 saturated carbocycles. The van der Waals surface area contributed by atoms with E-state index >= 15 is 0 Å². The Kier molecular flexibility index (Phi) is 6.56. The molecule has 0 spiro atoms. The third kappa shape index (κ3) is 5.05. The van der Waals surface area contributed by atoms with Crippen molar-refractivity contribution in [2.24, 2.45) is 0 Å². The fourth-order valence-corrected chi connectivity index (χ4v) is 2.83. The number of rotatable bonds is 7. The highest BCUT2D eigenvalue weighted by Gasteiger charge is 2.15. The van der Waals surface area contributed by atoms with E-state index < -0.39 is 12.1 Å². The molecule has 1 aromatic carbocycles. The van der Waals surface area contributed by atoms with Crippen LogP contribution < -0.4 is 0 Å². The summed E-state index contributed by atoms with van der Waals surface area (Å²) in [6.45, 7) is 7.06. The monoisotopic (exact) mass is 358 g/mol. The second-order valence-electron chi connectivity index (χ2n) is 5.72. The lowest BCUT2D eigenvalue weighted by Crippen LogP contribution is -2.19. The van der Waals surface area contributed by atoms with Gasteiger partial charge in [0.15, 0.2) is 0 Å². The summed E-state index contributed by atoms with van der Waals surface area (Å²) in [6, 6.07) is 9.40. The summed E-state index contributed by atoms with van der Waals surface area (Å²) in [6.07, 6.45) is 1.11. The van der Waals surface area contributed by atoms with Crippen LogP contribution in [-0.2, 0) is 9.47 Å². The van der Waals surface area contributed by atoms with E-state index in [2.05, 4.69) is 6.58 Å². The molecule has 2 rings (SSSR count). The Balaban J connectivity index is 2.17. The number of hydrogen-bond acceptors (Lipinski definition) is 5. The molecule has 1 unspecified atom stereocenters. The van der Waals surface area contributed by atoms with Crippen LogP contribution in [0.15, 0.2) is 47.9 Å². The Morgan fingerprint density at radius 3 is 2.72 bits per heavy atom. The smallest absolute Gasteiger partial charge is 0.338 e. The van der Waals surface area contributed by atoms with Gasteiger partial charge in [0.05, 0.1) is 12.7 Å². The minimum Gasteiger partial charge on any atom is -0.496 e. The number of esters is 1. The first kappa shape index (κ1) is 19.0. The summed E-state index contributed by atoms with van der Waals surface area (Å²) in [4.78, 5) is 13.3. The predicted molar refractivity (Wildman–Crippen MR) is 101 cm³/mol. The Morgan fingerprint density at radius 2 is 2.16 bits per heavy atom. The number of benzene rings is 1. The van der Waals surface area contributed by atoms with Gasteiger partial charge in [-0.05, 0) is 54.6 Å². The molecule has 0 fully saturated rings. The van der Waals surface area contributed by atoms with E-state index in [4.69, 9.17) is 9.47 Å². The highest BCUT2D eigenvalue weighted by atomic mass is 32.1. The van der Waals surface area contributed by atoms with Gasteiger partial charge in [0, 0.05) is 10.4 Å². The summed E-state index contributed by atoms with van der Waals surface area (Å²) >= 11 is 1.62. The highest BCUT2D eigenvalue weighted by molar-refractivity contribution is 7.10. The third-order valence-electron chi connectivity index (χ3n) is 3.71. The van der Waals surface area contributed by atoms with Gasteiger partial charge in [-0.3, -0.25) is 0 Å². The maximum atomic E-state index is 12.2. The maximum absolute atomic E-state index is 12.2. The number of thiophene rings is 1. The lowest BCUT2D eigenvalue weighted by atomic mass is 10.0. The van der Waals surface area contributed by atoms with Crippen LogP contribution in [0.5, 0.6) is 0 Å². The van der Waals surface area contributed by atoms with Crippen LogP contribution >= 0.6 is 11.3 Å². The number of carbonyl (C=O) groups excluding carboxylic acids is 1. The minimum atomic E-state index is -0.850. The van der Waals surface area contributed by atoms with Crippen molar-refractivity contribution in [1.29, 1.82) is 0 Å².